The maximum atomic E-state index is 15.2. The van der Waals surface area contributed by atoms with E-state index in [1.54, 1.807) is 48.5 Å². The summed E-state index contributed by atoms with van der Waals surface area (Å²) < 4.78 is 5.42. The second-order valence-electron chi connectivity index (χ2n) is 13.1. The highest BCUT2D eigenvalue weighted by Gasteiger charge is 2.70. The molecular formula is C37H33Cl2N3O8. The van der Waals surface area contributed by atoms with Gasteiger partial charge in [-0.25, -0.2) is 0 Å². The Bertz CT molecular complexity index is 1950. The van der Waals surface area contributed by atoms with E-state index in [1.807, 2.05) is 6.08 Å². The first-order valence-corrected chi connectivity index (χ1v) is 17.0. The standard InChI is InChI=1S/C37H33Cl2N3O8/c1-50-23-11-6-20(7-12-23)37-27(34(47)42(36(37)49)40-29-15-8-21(38)17-28(29)39)18-26-24(32(37)19-4-9-22(43)10-5-19)13-14-25-31(26)35(48)41(33(25)46)16-2-3-30(44)45/h4-13,15,17,25-27,31-32,40,43H,2-3,14,16,18H2,1H3,(H,44,45)/t25-,26+,27-,31-,32-,37+/m0/s1. The zero-order valence-electron chi connectivity index (χ0n) is 26.8. The summed E-state index contributed by atoms with van der Waals surface area (Å²) in [6, 6.07) is 18.1. The normalized spacial score (nSPS) is 27.1. The third-order valence-corrected chi connectivity index (χ3v) is 11.2. The molecule has 3 N–H and O–H groups in total. The van der Waals surface area contributed by atoms with Crippen molar-refractivity contribution in [1.82, 2.24) is 9.91 Å². The number of methoxy groups -OCH3 is 1. The van der Waals surface area contributed by atoms with Crippen LogP contribution in [-0.2, 0) is 29.4 Å². The number of nitrogens with one attached hydrogen (secondary N) is 1. The van der Waals surface area contributed by atoms with Crippen molar-refractivity contribution in [3.05, 3.63) is 99.6 Å². The van der Waals surface area contributed by atoms with Gasteiger partial charge in [-0.2, -0.15) is 5.01 Å². The second kappa shape index (κ2) is 12.8. The number of hydrogen-bond acceptors (Lipinski definition) is 8. The summed E-state index contributed by atoms with van der Waals surface area (Å²) in [6.07, 6.45) is 2.19. The lowest BCUT2D eigenvalue weighted by Crippen LogP contribution is -2.53. The Labute approximate surface area is 297 Å². The van der Waals surface area contributed by atoms with Crippen LogP contribution in [-0.4, -0.2) is 63.4 Å². The maximum absolute atomic E-state index is 15.2. The Morgan fingerprint density at radius 1 is 0.960 bits per heavy atom. The summed E-state index contributed by atoms with van der Waals surface area (Å²) in [7, 11) is 1.53. The molecule has 2 heterocycles. The average Bonchev–Trinajstić information content (AvgIpc) is 3.47. The van der Waals surface area contributed by atoms with Gasteiger partial charge in [0.05, 0.1) is 41.0 Å². The van der Waals surface area contributed by atoms with Gasteiger partial charge in [-0.3, -0.25) is 34.3 Å². The topological polar surface area (TPSA) is 154 Å². The molecule has 2 saturated heterocycles. The number of hydrogen-bond donors (Lipinski definition) is 3. The third-order valence-electron chi connectivity index (χ3n) is 10.7. The van der Waals surface area contributed by atoms with Crippen LogP contribution in [0.3, 0.4) is 0 Å². The first kappa shape index (κ1) is 33.6. The monoisotopic (exact) mass is 717 g/mol. The number of phenols is 1. The number of ether oxygens (including phenoxy) is 1. The fraction of sp³-hybridized carbons (Fsp3) is 0.324. The van der Waals surface area contributed by atoms with Crippen molar-refractivity contribution in [1.29, 1.82) is 0 Å². The van der Waals surface area contributed by atoms with Crippen molar-refractivity contribution in [3.63, 3.8) is 0 Å². The SMILES string of the molecule is COc1ccc([C@@]23C(=O)N(Nc4ccc(Cl)cc4Cl)C(=O)[C@@H]2C[C@@H]2C(=CC[C@@H]4C(=O)N(CCCC(=O)O)C(=O)[C@@H]42)[C@@H]3c2ccc(O)cc2)cc1. The number of carboxylic acids is 1. The number of amides is 4. The van der Waals surface area contributed by atoms with E-state index >= 15 is 4.79 Å². The van der Waals surface area contributed by atoms with E-state index in [9.17, 15) is 24.3 Å². The Morgan fingerprint density at radius 2 is 1.68 bits per heavy atom. The number of benzene rings is 3. The summed E-state index contributed by atoms with van der Waals surface area (Å²) in [4.78, 5) is 70.0. The van der Waals surface area contributed by atoms with Crippen LogP contribution in [0.2, 0.25) is 10.0 Å². The molecule has 3 aromatic rings. The van der Waals surface area contributed by atoms with Gasteiger partial charge in [-0.05, 0) is 78.8 Å². The summed E-state index contributed by atoms with van der Waals surface area (Å²) in [5.74, 6) is -6.12. The minimum Gasteiger partial charge on any atom is -0.508 e. The van der Waals surface area contributed by atoms with Gasteiger partial charge < -0.3 is 14.9 Å². The van der Waals surface area contributed by atoms with Crippen molar-refractivity contribution in [2.75, 3.05) is 19.1 Å². The van der Waals surface area contributed by atoms with Crippen LogP contribution in [0.1, 0.15) is 42.7 Å². The molecule has 2 aliphatic carbocycles. The Hall–Kier alpha value is -4.87. The molecule has 4 amide bonds. The average molecular weight is 719 g/mol. The van der Waals surface area contributed by atoms with E-state index in [4.69, 9.17) is 33.0 Å². The Balaban J connectivity index is 1.40. The maximum Gasteiger partial charge on any atom is 0.303 e. The number of phenolic OH excluding ortho intramolecular Hbond substituents is 1. The zero-order chi connectivity index (χ0) is 35.5. The van der Waals surface area contributed by atoms with E-state index in [1.165, 1.54) is 25.3 Å². The summed E-state index contributed by atoms with van der Waals surface area (Å²) >= 11 is 12.6. The first-order chi connectivity index (χ1) is 24.0. The molecule has 2 aliphatic heterocycles. The molecule has 0 aromatic heterocycles. The van der Waals surface area contributed by atoms with Crippen LogP contribution in [0.15, 0.2) is 78.4 Å². The number of hydrazine groups is 1. The van der Waals surface area contributed by atoms with Gasteiger partial charge in [0.1, 0.15) is 11.5 Å². The van der Waals surface area contributed by atoms with E-state index in [2.05, 4.69) is 5.43 Å². The number of carboxylic acid groups (broad SMARTS) is 1. The van der Waals surface area contributed by atoms with Gasteiger partial charge in [-0.1, -0.05) is 59.1 Å². The summed E-state index contributed by atoms with van der Waals surface area (Å²) in [5, 5.41) is 21.0. The minimum absolute atomic E-state index is 0.0110. The van der Waals surface area contributed by atoms with Crippen molar-refractivity contribution in [2.45, 2.75) is 37.0 Å². The van der Waals surface area contributed by atoms with E-state index in [-0.39, 0.29) is 54.6 Å². The highest BCUT2D eigenvalue weighted by atomic mass is 35.5. The van der Waals surface area contributed by atoms with Crippen LogP contribution in [0.25, 0.3) is 0 Å². The molecule has 0 radical (unpaired) electrons. The molecule has 1 saturated carbocycles. The number of aliphatic carboxylic acids is 1. The van der Waals surface area contributed by atoms with Crippen LogP contribution in [0, 0.1) is 23.7 Å². The number of aromatic hydroxyl groups is 1. The molecule has 258 valence electrons. The number of allylic oxidation sites excluding steroid dienone is 2. The number of anilines is 1. The molecular weight excluding hydrogens is 685 g/mol. The van der Waals surface area contributed by atoms with Crippen molar-refractivity contribution in [3.8, 4) is 11.5 Å². The molecule has 0 spiro atoms. The number of carbonyl (C=O) groups is 5. The van der Waals surface area contributed by atoms with Crippen LogP contribution < -0.4 is 10.2 Å². The van der Waals surface area contributed by atoms with Crippen LogP contribution in [0.4, 0.5) is 5.69 Å². The smallest absolute Gasteiger partial charge is 0.303 e. The van der Waals surface area contributed by atoms with Gasteiger partial charge in [-0.15, -0.1) is 0 Å². The van der Waals surface area contributed by atoms with Crippen LogP contribution in [0.5, 0.6) is 11.5 Å². The Morgan fingerprint density at radius 3 is 2.34 bits per heavy atom. The number of likely N-dealkylation sites (tertiary alicyclic amines) is 1. The summed E-state index contributed by atoms with van der Waals surface area (Å²) in [6.45, 7) is -0.0173. The van der Waals surface area contributed by atoms with Gasteiger partial charge >= 0.3 is 5.97 Å². The van der Waals surface area contributed by atoms with Crippen molar-refractivity contribution >= 4 is 58.5 Å². The molecule has 3 fully saturated rings. The second-order valence-corrected chi connectivity index (χ2v) is 14.0. The number of nitrogens with zero attached hydrogens (tertiary/aromatic N) is 2. The predicted octanol–water partition coefficient (Wildman–Crippen LogP) is 5.56. The fourth-order valence-electron chi connectivity index (χ4n) is 8.56. The fourth-order valence-corrected chi connectivity index (χ4v) is 9.01. The lowest BCUT2D eigenvalue weighted by Gasteiger charge is -2.50. The molecule has 7 rings (SSSR count). The van der Waals surface area contributed by atoms with Crippen LogP contribution >= 0.6 is 23.2 Å². The predicted molar refractivity (Wildman–Crippen MR) is 182 cm³/mol. The molecule has 4 aliphatic rings. The number of halogens is 2. The van der Waals surface area contributed by atoms with Crippen molar-refractivity contribution < 1.29 is 38.9 Å². The molecule has 6 atom stereocenters. The molecule has 0 unspecified atom stereocenters. The molecule has 50 heavy (non-hydrogen) atoms. The number of fused-ring (bicyclic) bond motifs is 4. The molecule has 11 nitrogen and oxygen atoms in total. The van der Waals surface area contributed by atoms with Crippen molar-refractivity contribution in [2.24, 2.45) is 23.7 Å². The first-order valence-electron chi connectivity index (χ1n) is 16.3. The largest absolute Gasteiger partial charge is 0.508 e. The molecule has 0 bridgehead atoms. The highest BCUT2D eigenvalue weighted by Crippen LogP contribution is 2.64. The third kappa shape index (κ3) is 5.22. The van der Waals surface area contributed by atoms with Gasteiger partial charge in [0.25, 0.3) is 11.8 Å². The highest BCUT2D eigenvalue weighted by molar-refractivity contribution is 6.36. The van der Waals surface area contributed by atoms with Gasteiger partial charge in [0.2, 0.25) is 11.8 Å². The van der Waals surface area contributed by atoms with E-state index in [0.717, 1.165) is 15.5 Å². The lowest BCUT2D eigenvalue weighted by atomic mass is 9.49. The number of imide groups is 2. The minimum atomic E-state index is -1.52. The van der Waals surface area contributed by atoms with E-state index in [0.29, 0.717) is 21.9 Å². The summed E-state index contributed by atoms with van der Waals surface area (Å²) in [5.41, 5.74) is 3.67. The zero-order valence-corrected chi connectivity index (χ0v) is 28.4. The molecule has 3 aromatic carbocycles. The Kier molecular flexibility index (Phi) is 8.60. The molecule has 13 heteroatoms. The van der Waals surface area contributed by atoms with Gasteiger partial charge in [0, 0.05) is 23.9 Å². The number of rotatable bonds is 9. The lowest BCUT2D eigenvalue weighted by molar-refractivity contribution is -0.142. The van der Waals surface area contributed by atoms with Gasteiger partial charge in [0.15, 0.2) is 0 Å². The number of carbonyl (C=O) groups excluding carboxylic acids is 4. The van der Waals surface area contributed by atoms with E-state index < -0.39 is 58.7 Å². The quantitative estimate of drug-likeness (QED) is 0.191.